The third-order valence-corrected chi connectivity index (χ3v) is 2.64. The van der Waals surface area contributed by atoms with E-state index in [0.717, 1.165) is 26.0 Å². The summed E-state index contributed by atoms with van der Waals surface area (Å²) in [6, 6.07) is 2.76. The van der Waals surface area contributed by atoms with Gasteiger partial charge in [-0.1, -0.05) is 6.42 Å². The van der Waals surface area contributed by atoms with Crippen molar-refractivity contribution in [3.63, 3.8) is 0 Å². The van der Waals surface area contributed by atoms with Gasteiger partial charge in [0.15, 0.2) is 0 Å². The fraction of sp³-hybridized carbons (Fsp3) is 0.909. The van der Waals surface area contributed by atoms with Crippen molar-refractivity contribution >= 4 is 0 Å². The predicted molar refractivity (Wildman–Crippen MR) is 55.8 cm³/mol. The van der Waals surface area contributed by atoms with E-state index in [1.165, 1.54) is 6.42 Å². The lowest BCUT2D eigenvalue weighted by molar-refractivity contribution is 0.0790. The van der Waals surface area contributed by atoms with Crippen LogP contribution in [0.1, 0.15) is 33.1 Å². The van der Waals surface area contributed by atoms with Crippen molar-refractivity contribution in [3.8, 4) is 6.07 Å². The van der Waals surface area contributed by atoms with E-state index in [2.05, 4.69) is 11.4 Å². The van der Waals surface area contributed by atoms with Crippen molar-refractivity contribution in [2.24, 2.45) is 5.92 Å². The minimum absolute atomic E-state index is 0.217. The molecule has 1 aliphatic carbocycles. The third-order valence-electron chi connectivity index (χ3n) is 2.64. The second kappa shape index (κ2) is 6.00. The molecule has 2 atom stereocenters. The summed E-state index contributed by atoms with van der Waals surface area (Å²) in [5.74, 6) is 0.217. The minimum atomic E-state index is 0.217. The third kappa shape index (κ3) is 3.65. The van der Waals surface area contributed by atoms with Gasteiger partial charge in [-0.15, -0.1) is 0 Å². The average molecular weight is 196 g/mol. The molecule has 0 aromatic carbocycles. The molecule has 1 saturated carbocycles. The van der Waals surface area contributed by atoms with Crippen LogP contribution in [0.4, 0.5) is 0 Å². The van der Waals surface area contributed by atoms with E-state index >= 15 is 0 Å². The number of ether oxygens (including phenoxy) is 1. The highest BCUT2D eigenvalue weighted by atomic mass is 16.5. The number of hydrogen-bond donors (Lipinski definition) is 1. The quantitative estimate of drug-likeness (QED) is 0.681. The minimum Gasteiger partial charge on any atom is -0.377 e. The second-order valence-corrected chi connectivity index (χ2v) is 4.15. The van der Waals surface area contributed by atoms with Crippen LogP contribution in [-0.4, -0.2) is 25.3 Å². The van der Waals surface area contributed by atoms with Crippen LogP contribution in [0.15, 0.2) is 0 Å². The normalized spacial score (nSPS) is 26.7. The lowest BCUT2D eigenvalue weighted by Crippen LogP contribution is -2.34. The summed E-state index contributed by atoms with van der Waals surface area (Å²) < 4.78 is 5.43. The van der Waals surface area contributed by atoms with E-state index in [4.69, 9.17) is 10.00 Å². The van der Waals surface area contributed by atoms with Gasteiger partial charge in [0.2, 0.25) is 0 Å². The Hall–Kier alpha value is -0.590. The van der Waals surface area contributed by atoms with Gasteiger partial charge in [0, 0.05) is 12.6 Å². The molecule has 0 amide bonds. The molecule has 80 valence electrons. The van der Waals surface area contributed by atoms with Crippen LogP contribution in [0.2, 0.25) is 0 Å². The van der Waals surface area contributed by atoms with Crippen molar-refractivity contribution in [1.29, 1.82) is 5.26 Å². The highest BCUT2D eigenvalue weighted by molar-refractivity contribution is 4.96. The predicted octanol–water partition coefficient (Wildman–Crippen LogP) is 1.69. The molecular formula is C11H20N2O. The Labute approximate surface area is 86.4 Å². The fourth-order valence-electron chi connectivity index (χ4n) is 1.90. The molecule has 0 radical (unpaired) electrons. The van der Waals surface area contributed by atoms with Gasteiger partial charge in [-0.2, -0.15) is 5.26 Å². The van der Waals surface area contributed by atoms with Crippen LogP contribution in [0.5, 0.6) is 0 Å². The highest BCUT2D eigenvalue weighted by Gasteiger charge is 2.26. The summed E-state index contributed by atoms with van der Waals surface area (Å²) in [5, 5.41) is 12.3. The maximum atomic E-state index is 8.86. The zero-order valence-corrected chi connectivity index (χ0v) is 9.12. The topological polar surface area (TPSA) is 45.0 Å². The van der Waals surface area contributed by atoms with E-state index in [1.54, 1.807) is 0 Å². The van der Waals surface area contributed by atoms with E-state index in [9.17, 15) is 0 Å². The summed E-state index contributed by atoms with van der Waals surface area (Å²) >= 11 is 0. The van der Waals surface area contributed by atoms with E-state index in [1.807, 2.05) is 13.8 Å². The Kier molecular flexibility index (Phi) is 4.92. The first-order valence-electron chi connectivity index (χ1n) is 5.48. The van der Waals surface area contributed by atoms with E-state index in [0.29, 0.717) is 12.1 Å². The molecule has 0 spiro atoms. The van der Waals surface area contributed by atoms with Crippen LogP contribution < -0.4 is 5.32 Å². The zero-order chi connectivity index (χ0) is 10.4. The molecule has 1 fully saturated rings. The molecule has 3 heteroatoms. The first kappa shape index (κ1) is 11.5. The molecule has 0 aromatic heterocycles. The molecular weight excluding hydrogens is 176 g/mol. The van der Waals surface area contributed by atoms with Crippen LogP contribution in [-0.2, 0) is 4.74 Å². The van der Waals surface area contributed by atoms with Crippen molar-refractivity contribution < 1.29 is 4.74 Å². The second-order valence-electron chi connectivity index (χ2n) is 4.15. The maximum absolute atomic E-state index is 8.86. The summed E-state index contributed by atoms with van der Waals surface area (Å²) in [6.07, 6.45) is 3.67. The maximum Gasteiger partial charge on any atom is 0.0672 e. The van der Waals surface area contributed by atoms with E-state index < -0.39 is 0 Å². The Morgan fingerprint density at radius 1 is 1.50 bits per heavy atom. The smallest absolute Gasteiger partial charge is 0.0672 e. The molecule has 0 saturated heterocycles. The highest BCUT2D eigenvalue weighted by Crippen LogP contribution is 2.24. The standard InChI is InChI=1S/C11H20N2O/c1-9(2)14-7-6-13-11-5-3-4-10(11)8-12/h9-11,13H,3-7H2,1-2H3. The van der Waals surface area contributed by atoms with Gasteiger partial charge in [-0.05, 0) is 26.7 Å². The Morgan fingerprint density at radius 2 is 2.29 bits per heavy atom. The molecule has 1 rings (SSSR count). The van der Waals surface area contributed by atoms with Gasteiger partial charge in [-0.25, -0.2) is 0 Å². The monoisotopic (exact) mass is 196 g/mol. The molecule has 0 aliphatic heterocycles. The van der Waals surface area contributed by atoms with Gasteiger partial charge in [0.1, 0.15) is 0 Å². The summed E-state index contributed by atoms with van der Waals surface area (Å²) in [4.78, 5) is 0. The van der Waals surface area contributed by atoms with Crippen molar-refractivity contribution in [2.45, 2.75) is 45.3 Å². The fourth-order valence-corrected chi connectivity index (χ4v) is 1.90. The van der Waals surface area contributed by atoms with Gasteiger partial charge in [-0.3, -0.25) is 0 Å². The number of hydrogen-bond acceptors (Lipinski definition) is 3. The molecule has 14 heavy (non-hydrogen) atoms. The summed E-state index contributed by atoms with van der Waals surface area (Å²) in [5.41, 5.74) is 0. The van der Waals surface area contributed by atoms with Gasteiger partial charge < -0.3 is 10.1 Å². The van der Waals surface area contributed by atoms with Crippen molar-refractivity contribution in [3.05, 3.63) is 0 Å². The number of rotatable bonds is 5. The van der Waals surface area contributed by atoms with Gasteiger partial charge >= 0.3 is 0 Å². The Bertz CT molecular complexity index is 198. The van der Waals surface area contributed by atoms with Crippen LogP contribution in [0.25, 0.3) is 0 Å². The summed E-state index contributed by atoms with van der Waals surface area (Å²) in [7, 11) is 0. The molecule has 0 bridgehead atoms. The summed E-state index contributed by atoms with van der Waals surface area (Å²) in [6.45, 7) is 5.68. The van der Waals surface area contributed by atoms with Crippen LogP contribution in [0, 0.1) is 17.2 Å². The largest absolute Gasteiger partial charge is 0.377 e. The van der Waals surface area contributed by atoms with Crippen molar-refractivity contribution in [2.75, 3.05) is 13.2 Å². The van der Waals surface area contributed by atoms with E-state index in [-0.39, 0.29) is 5.92 Å². The first-order valence-corrected chi connectivity index (χ1v) is 5.48. The number of nitrogens with zero attached hydrogens (tertiary/aromatic N) is 1. The lowest BCUT2D eigenvalue weighted by atomic mass is 10.1. The Balaban J connectivity index is 2.09. The van der Waals surface area contributed by atoms with Crippen molar-refractivity contribution in [1.82, 2.24) is 5.32 Å². The zero-order valence-electron chi connectivity index (χ0n) is 9.12. The first-order chi connectivity index (χ1) is 6.74. The molecule has 0 heterocycles. The Morgan fingerprint density at radius 3 is 2.93 bits per heavy atom. The lowest BCUT2D eigenvalue weighted by Gasteiger charge is -2.16. The molecule has 0 aromatic rings. The van der Waals surface area contributed by atoms with Gasteiger partial charge in [0.25, 0.3) is 0 Å². The molecule has 1 aliphatic rings. The van der Waals surface area contributed by atoms with Crippen LogP contribution in [0.3, 0.4) is 0 Å². The number of nitriles is 1. The SMILES string of the molecule is CC(C)OCCNC1CCCC1C#N. The van der Waals surface area contributed by atoms with Crippen LogP contribution >= 0.6 is 0 Å². The molecule has 1 N–H and O–H groups in total. The molecule has 3 nitrogen and oxygen atoms in total. The molecule has 2 unspecified atom stereocenters. The van der Waals surface area contributed by atoms with Gasteiger partial charge in [0.05, 0.1) is 24.7 Å². The number of nitrogens with one attached hydrogen (secondary N) is 1. The average Bonchev–Trinajstić information content (AvgIpc) is 2.59.